The molecule has 1 aliphatic rings. The van der Waals surface area contributed by atoms with Crippen LogP contribution in [0.4, 0.5) is 23.7 Å². The Morgan fingerprint density at radius 3 is 2.36 bits per heavy atom. The zero-order valence-electron chi connectivity index (χ0n) is 22.7. The largest absolute Gasteiger partial charge is 0.573 e. The standard InChI is InChI=1S/C31H29F3N4O4/c1-19-6-8-20(9-7-19)18-35-30(41)38-27(21-4-2-3-5-21)17-26(37-38)25-16-23(12-15-28(25)39)36-29(40)22-10-13-24(14-11-22)42-31(32,33)34/h6-17,21,39H,2-5,18H2,1H3,(H,35,41)(H,36,40). The highest BCUT2D eigenvalue weighted by Gasteiger charge is 2.31. The molecule has 0 spiro atoms. The maximum absolute atomic E-state index is 13.3. The van der Waals surface area contributed by atoms with E-state index in [9.17, 15) is 27.9 Å². The minimum atomic E-state index is -4.83. The van der Waals surface area contributed by atoms with E-state index in [-0.39, 0.29) is 23.3 Å². The lowest BCUT2D eigenvalue weighted by molar-refractivity contribution is -0.274. The highest BCUT2D eigenvalue weighted by atomic mass is 19.4. The van der Waals surface area contributed by atoms with Crippen LogP contribution in [0.3, 0.4) is 0 Å². The third kappa shape index (κ3) is 6.91. The number of hydrogen-bond donors (Lipinski definition) is 3. The summed E-state index contributed by atoms with van der Waals surface area (Å²) in [6.45, 7) is 2.32. The third-order valence-corrected chi connectivity index (χ3v) is 7.15. The van der Waals surface area contributed by atoms with Gasteiger partial charge < -0.3 is 20.5 Å². The van der Waals surface area contributed by atoms with Gasteiger partial charge >= 0.3 is 12.4 Å². The number of carbonyl (C=O) groups is 2. The second-order valence-corrected chi connectivity index (χ2v) is 10.3. The highest BCUT2D eigenvalue weighted by Crippen LogP contribution is 2.38. The summed E-state index contributed by atoms with van der Waals surface area (Å²) in [4.78, 5) is 26.0. The molecule has 1 aliphatic carbocycles. The number of halogens is 3. The Morgan fingerprint density at radius 1 is 1.00 bits per heavy atom. The summed E-state index contributed by atoms with van der Waals surface area (Å²) < 4.78 is 42.5. The first kappa shape index (κ1) is 28.7. The number of nitrogens with one attached hydrogen (secondary N) is 2. The molecule has 0 radical (unpaired) electrons. The molecule has 0 bridgehead atoms. The van der Waals surface area contributed by atoms with Crippen LogP contribution < -0.4 is 15.4 Å². The SMILES string of the molecule is Cc1ccc(CNC(=O)n2nc(-c3cc(NC(=O)c4ccc(OC(F)(F)F)cc4)ccc3O)cc2C2CCCC2)cc1. The van der Waals surface area contributed by atoms with E-state index < -0.39 is 18.0 Å². The van der Waals surface area contributed by atoms with Gasteiger partial charge in [0.2, 0.25) is 0 Å². The molecule has 1 aromatic heterocycles. The Kier molecular flexibility index (Phi) is 8.19. The Morgan fingerprint density at radius 2 is 1.69 bits per heavy atom. The van der Waals surface area contributed by atoms with Crippen molar-refractivity contribution < 1.29 is 32.6 Å². The number of ether oxygens (including phenoxy) is 1. The zero-order valence-corrected chi connectivity index (χ0v) is 22.7. The summed E-state index contributed by atoms with van der Waals surface area (Å²) in [5.41, 5.74) is 3.93. The molecule has 5 rings (SSSR count). The molecule has 4 aromatic rings. The first-order chi connectivity index (χ1) is 20.1. The van der Waals surface area contributed by atoms with Gasteiger partial charge in [-0.3, -0.25) is 4.79 Å². The van der Waals surface area contributed by atoms with Crippen molar-refractivity contribution >= 4 is 17.6 Å². The number of alkyl halides is 3. The van der Waals surface area contributed by atoms with E-state index in [4.69, 9.17) is 0 Å². The van der Waals surface area contributed by atoms with Crippen LogP contribution in [-0.4, -0.2) is 33.2 Å². The number of rotatable bonds is 7. The predicted molar refractivity (Wildman–Crippen MR) is 150 cm³/mol. The molecule has 0 atom stereocenters. The summed E-state index contributed by atoms with van der Waals surface area (Å²) in [6, 6.07) is 18.2. The predicted octanol–water partition coefficient (Wildman–Crippen LogP) is 7.13. The summed E-state index contributed by atoms with van der Waals surface area (Å²) in [6.07, 6.45) is -0.895. The fraction of sp³-hybridized carbons (Fsp3) is 0.258. The van der Waals surface area contributed by atoms with Crippen LogP contribution in [0, 0.1) is 6.92 Å². The minimum Gasteiger partial charge on any atom is -0.507 e. The maximum atomic E-state index is 13.3. The number of aromatic nitrogens is 2. The molecule has 2 amide bonds. The van der Waals surface area contributed by atoms with Crippen molar-refractivity contribution in [3.8, 4) is 22.8 Å². The van der Waals surface area contributed by atoms with E-state index in [1.54, 1.807) is 6.07 Å². The van der Waals surface area contributed by atoms with Gasteiger partial charge in [-0.1, -0.05) is 42.7 Å². The second-order valence-electron chi connectivity index (χ2n) is 10.3. The van der Waals surface area contributed by atoms with E-state index >= 15 is 0 Å². The summed E-state index contributed by atoms with van der Waals surface area (Å²) in [5, 5.41) is 20.8. The van der Waals surface area contributed by atoms with Crippen molar-refractivity contribution in [3.63, 3.8) is 0 Å². The number of phenolic OH excluding ortho intramolecular Hbond substituents is 1. The van der Waals surface area contributed by atoms with Crippen LogP contribution in [0.2, 0.25) is 0 Å². The van der Waals surface area contributed by atoms with Crippen molar-refractivity contribution in [2.75, 3.05) is 5.32 Å². The van der Waals surface area contributed by atoms with Gasteiger partial charge in [0.1, 0.15) is 11.5 Å². The number of hydrogen-bond acceptors (Lipinski definition) is 5. The summed E-state index contributed by atoms with van der Waals surface area (Å²) in [5.74, 6) is -0.963. The van der Waals surface area contributed by atoms with Gasteiger partial charge in [0.25, 0.3) is 5.91 Å². The van der Waals surface area contributed by atoms with Crippen molar-refractivity contribution in [1.29, 1.82) is 0 Å². The Bertz CT molecular complexity index is 1580. The van der Waals surface area contributed by atoms with Crippen molar-refractivity contribution in [2.24, 2.45) is 0 Å². The van der Waals surface area contributed by atoms with Crippen LogP contribution in [0.25, 0.3) is 11.3 Å². The molecule has 0 aliphatic heterocycles. The van der Waals surface area contributed by atoms with E-state index in [2.05, 4.69) is 20.5 Å². The average Bonchev–Trinajstić information content (AvgIpc) is 3.64. The molecule has 218 valence electrons. The summed E-state index contributed by atoms with van der Waals surface area (Å²) >= 11 is 0. The fourth-order valence-corrected chi connectivity index (χ4v) is 4.99. The molecule has 1 heterocycles. The van der Waals surface area contributed by atoms with Gasteiger partial charge in [-0.15, -0.1) is 13.2 Å². The maximum Gasteiger partial charge on any atom is 0.573 e. The minimum absolute atomic E-state index is 0.0932. The van der Waals surface area contributed by atoms with Gasteiger partial charge in [0.05, 0.1) is 11.4 Å². The number of nitrogens with zero attached hydrogens (tertiary/aromatic N) is 2. The lowest BCUT2D eigenvalue weighted by atomic mass is 10.0. The van der Waals surface area contributed by atoms with E-state index in [0.29, 0.717) is 23.5 Å². The van der Waals surface area contributed by atoms with Gasteiger partial charge in [0.15, 0.2) is 0 Å². The number of aryl methyl sites for hydroxylation is 1. The molecule has 3 N–H and O–H groups in total. The van der Waals surface area contributed by atoms with Crippen molar-refractivity contribution in [3.05, 3.63) is 95.2 Å². The normalized spacial score (nSPS) is 13.6. The van der Waals surface area contributed by atoms with E-state index in [1.165, 1.54) is 35.0 Å². The van der Waals surface area contributed by atoms with Gasteiger partial charge in [-0.05, 0) is 73.9 Å². The molecule has 0 unspecified atom stereocenters. The van der Waals surface area contributed by atoms with Crippen LogP contribution in [0.15, 0.2) is 72.8 Å². The number of carbonyl (C=O) groups excluding carboxylic acids is 2. The van der Waals surface area contributed by atoms with Gasteiger partial charge in [0, 0.05) is 29.3 Å². The fourth-order valence-electron chi connectivity index (χ4n) is 4.99. The second kappa shape index (κ2) is 12.0. The number of phenols is 1. The highest BCUT2D eigenvalue weighted by molar-refractivity contribution is 6.04. The van der Waals surface area contributed by atoms with Gasteiger partial charge in [-0.25, -0.2) is 4.79 Å². The molecule has 8 nitrogen and oxygen atoms in total. The Labute approximate surface area is 240 Å². The first-order valence-corrected chi connectivity index (χ1v) is 13.5. The molecule has 1 fully saturated rings. The van der Waals surface area contributed by atoms with Crippen LogP contribution in [0.1, 0.15) is 58.8 Å². The molecular weight excluding hydrogens is 549 g/mol. The molecule has 0 saturated heterocycles. The number of benzene rings is 3. The van der Waals surface area contributed by atoms with E-state index in [0.717, 1.165) is 54.6 Å². The van der Waals surface area contributed by atoms with Crippen LogP contribution in [-0.2, 0) is 6.54 Å². The Balaban J connectivity index is 1.36. The quantitative estimate of drug-likeness (QED) is 0.202. The first-order valence-electron chi connectivity index (χ1n) is 13.5. The van der Waals surface area contributed by atoms with E-state index in [1.807, 2.05) is 31.2 Å². The number of aromatic hydroxyl groups is 1. The third-order valence-electron chi connectivity index (χ3n) is 7.15. The van der Waals surface area contributed by atoms with Crippen LogP contribution in [0.5, 0.6) is 11.5 Å². The lowest BCUT2D eigenvalue weighted by Crippen LogP contribution is -2.30. The van der Waals surface area contributed by atoms with Crippen molar-refractivity contribution in [1.82, 2.24) is 15.1 Å². The Hall–Kier alpha value is -4.80. The van der Waals surface area contributed by atoms with Gasteiger partial charge in [-0.2, -0.15) is 9.78 Å². The summed E-state index contributed by atoms with van der Waals surface area (Å²) in [7, 11) is 0. The van der Waals surface area contributed by atoms with Crippen LogP contribution >= 0.6 is 0 Å². The molecule has 1 saturated carbocycles. The smallest absolute Gasteiger partial charge is 0.507 e. The average molecular weight is 579 g/mol. The molecule has 11 heteroatoms. The molecular formula is C31H29F3N4O4. The number of anilines is 1. The monoisotopic (exact) mass is 578 g/mol. The number of amides is 2. The van der Waals surface area contributed by atoms with Crippen molar-refractivity contribution in [2.45, 2.75) is 51.4 Å². The zero-order chi connectivity index (χ0) is 29.9. The lowest BCUT2D eigenvalue weighted by Gasteiger charge is -2.12. The molecule has 3 aromatic carbocycles. The topological polar surface area (TPSA) is 105 Å². The molecule has 42 heavy (non-hydrogen) atoms.